The van der Waals surface area contributed by atoms with E-state index in [0.29, 0.717) is 11.7 Å². The molecule has 0 saturated carbocycles. The Balaban J connectivity index is 2.19. The number of benzene rings is 1. The number of para-hydroxylation sites is 1. The van der Waals surface area contributed by atoms with Crippen LogP contribution in [0.15, 0.2) is 24.3 Å². The largest absolute Gasteiger partial charge is 0.319 e. The molecule has 0 unspecified atom stereocenters. The molecule has 0 atom stereocenters. The molecule has 1 aromatic heterocycles. The first kappa shape index (κ1) is 13.3. The number of hydrogen-bond acceptors (Lipinski definition) is 3. The molecule has 5 nitrogen and oxygen atoms in total. The maximum absolute atomic E-state index is 12.1. The van der Waals surface area contributed by atoms with Crippen LogP contribution in [-0.4, -0.2) is 21.1 Å². The molecule has 100 valence electrons. The predicted octanol–water partition coefficient (Wildman–Crippen LogP) is 2.74. The topological polar surface area (TPSA) is 70.7 Å². The van der Waals surface area contributed by atoms with Crippen molar-refractivity contribution in [2.75, 3.05) is 5.32 Å². The lowest BCUT2D eigenvalue weighted by Gasteiger charge is -2.12. The van der Waals surface area contributed by atoms with Gasteiger partial charge in [-0.15, -0.1) is 5.10 Å². The first-order valence-corrected chi connectivity index (χ1v) is 6.43. The van der Waals surface area contributed by atoms with Crippen LogP contribution in [0.2, 0.25) is 0 Å². The van der Waals surface area contributed by atoms with Crippen LogP contribution in [0.1, 0.15) is 48.7 Å². The van der Waals surface area contributed by atoms with Crippen molar-refractivity contribution in [3.63, 3.8) is 0 Å². The molecule has 0 aliphatic rings. The Morgan fingerprint density at radius 2 is 2.11 bits per heavy atom. The summed E-state index contributed by atoms with van der Waals surface area (Å²) in [7, 11) is 0. The van der Waals surface area contributed by atoms with Gasteiger partial charge >= 0.3 is 0 Å². The van der Waals surface area contributed by atoms with Crippen molar-refractivity contribution in [3.8, 4) is 0 Å². The fourth-order valence-electron chi connectivity index (χ4n) is 1.85. The number of aromatic amines is 1. The number of carbonyl (C=O) groups excluding carboxylic acids is 1. The summed E-state index contributed by atoms with van der Waals surface area (Å²) in [6, 6.07) is 7.76. The second-order valence-electron chi connectivity index (χ2n) is 4.66. The first-order chi connectivity index (χ1) is 9.11. The van der Waals surface area contributed by atoms with E-state index in [-0.39, 0.29) is 11.7 Å². The van der Waals surface area contributed by atoms with Crippen LogP contribution in [0.3, 0.4) is 0 Å². The summed E-state index contributed by atoms with van der Waals surface area (Å²) in [5, 5.41) is 9.51. The van der Waals surface area contributed by atoms with Gasteiger partial charge in [0.15, 0.2) is 0 Å². The van der Waals surface area contributed by atoms with E-state index in [4.69, 9.17) is 0 Å². The van der Waals surface area contributed by atoms with Gasteiger partial charge in [-0.25, -0.2) is 4.98 Å². The lowest BCUT2D eigenvalue weighted by molar-refractivity contribution is 0.101. The number of nitrogens with zero attached hydrogens (tertiary/aromatic N) is 2. The summed E-state index contributed by atoms with van der Waals surface area (Å²) in [5.41, 5.74) is 1.91. The van der Waals surface area contributed by atoms with Gasteiger partial charge in [0.05, 0.1) is 0 Å². The number of nitrogens with one attached hydrogen (secondary N) is 2. The molecule has 0 saturated heterocycles. The number of carbonyl (C=O) groups is 1. The first-order valence-electron chi connectivity index (χ1n) is 6.43. The monoisotopic (exact) mass is 258 g/mol. The highest BCUT2D eigenvalue weighted by molar-refractivity contribution is 6.01. The second kappa shape index (κ2) is 5.65. The van der Waals surface area contributed by atoms with Gasteiger partial charge in [-0.05, 0) is 17.5 Å². The molecule has 0 fully saturated rings. The summed E-state index contributed by atoms with van der Waals surface area (Å²) in [6.45, 7) is 6.14. The summed E-state index contributed by atoms with van der Waals surface area (Å²) in [5.74, 6) is 0.941. The van der Waals surface area contributed by atoms with Crippen molar-refractivity contribution in [1.82, 2.24) is 15.2 Å². The molecule has 0 aliphatic heterocycles. The summed E-state index contributed by atoms with van der Waals surface area (Å²) in [6.07, 6.45) is 0.725. The van der Waals surface area contributed by atoms with Gasteiger partial charge in [0, 0.05) is 12.1 Å². The third-order valence-electron chi connectivity index (χ3n) is 2.90. The SMILES string of the molecule is CCc1nc(C(=O)Nc2ccccc2C(C)C)n[nH]1. The average Bonchev–Trinajstić information content (AvgIpc) is 2.88. The van der Waals surface area contributed by atoms with Crippen molar-refractivity contribution >= 4 is 11.6 Å². The highest BCUT2D eigenvalue weighted by Crippen LogP contribution is 2.23. The number of hydrogen-bond donors (Lipinski definition) is 2. The third-order valence-corrected chi connectivity index (χ3v) is 2.90. The highest BCUT2D eigenvalue weighted by Gasteiger charge is 2.14. The summed E-state index contributed by atoms with van der Waals surface area (Å²) < 4.78 is 0. The van der Waals surface area contributed by atoms with Gasteiger partial charge in [0.25, 0.3) is 5.91 Å². The van der Waals surface area contributed by atoms with E-state index in [9.17, 15) is 4.79 Å². The Bertz CT molecular complexity index is 574. The molecule has 19 heavy (non-hydrogen) atoms. The zero-order valence-electron chi connectivity index (χ0n) is 11.4. The molecule has 0 bridgehead atoms. The molecule has 0 radical (unpaired) electrons. The zero-order valence-corrected chi connectivity index (χ0v) is 11.4. The number of anilines is 1. The lowest BCUT2D eigenvalue weighted by Crippen LogP contribution is -2.15. The normalized spacial score (nSPS) is 10.7. The molecular weight excluding hydrogens is 240 g/mol. The Morgan fingerprint density at radius 3 is 2.74 bits per heavy atom. The maximum Gasteiger partial charge on any atom is 0.295 e. The minimum atomic E-state index is -0.288. The van der Waals surface area contributed by atoms with Crippen molar-refractivity contribution in [3.05, 3.63) is 41.5 Å². The number of H-pyrrole nitrogens is 1. The van der Waals surface area contributed by atoms with Crippen molar-refractivity contribution < 1.29 is 4.79 Å². The molecule has 0 aliphatic carbocycles. The van der Waals surface area contributed by atoms with E-state index in [1.807, 2.05) is 31.2 Å². The number of aromatic nitrogens is 3. The average molecular weight is 258 g/mol. The minimum Gasteiger partial charge on any atom is -0.319 e. The fourth-order valence-corrected chi connectivity index (χ4v) is 1.85. The van der Waals surface area contributed by atoms with Crippen molar-refractivity contribution in [1.29, 1.82) is 0 Å². The van der Waals surface area contributed by atoms with E-state index < -0.39 is 0 Å². The van der Waals surface area contributed by atoms with Crippen LogP contribution in [0, 0.1) is 0 Å². The molecule has 5 heteroatoms. The van der Waals surface area contributed by atoms with Crippen LogP contribution in [-0.2, 0) is 6.42 Å². The van der Waals surface area contributed by atoms with Crippen LogP contribution in [0.4, 0.5) is 5.69 Å². The molecule has 2 N–H and O–H groups in total. The Labute approximate surface area is 112 Å². The van der Waals surface area contributed by atoms with Crippen LogP contribution in [0.5, 0.6) is 0 Å². The third kappa shape index (κ3) is 2.99. The van der Waals surface area contributed by atoms with Crippen molar-refractivity contribution in [2.45, 2.75) is 33.1 Å². The fraction of sp³-hybridized carbons (Fsp3) is 0.357. The van der Waals surface area contributed by atoms with E-state index in [2.05, 4.69) is 34.3 Å². The molecular formula is C14H18N4O. The Morgan fingerprint density at radius 1 is 1.37 bits per heavy atom. The van der Waals surface area contributed by atoms with E-state index >= 15 is 0 Å². The van der Waals surface area contributed by atoms with Crippen LogP contribution in [0.25, 0.3) is 0 Å². The molecule has 0 spiro atoms. The highest BCUT2D eigenvalue weighted by atomic mass is 16.2. The van der Waals surface area contributed by atoms with E-state index in [1.165, 1.54) is 0 Å². The van der Waals surface area contributed by atoms with Gasteiger partial charge in [-0.2, -0.15) is 0 Å². The minimum absolute atomic E-state index is 0.176. The van der Waals surface area contributed by atoms with Crippen molar-refractivity contribution in [2.24, 2.45) is 0 Å². The number of amides is 1. The van der Waals surface area contributed by atoms with Gasteiger partial charge in [0.1, 0.15) is 5.82 Å². The van der Waals surface area contributed by atoms with E-state index in [0.717, 1.165) is 17.7 Å². The molecule has 2 aromatic rings. The smallest absolute Gasteiger partial charge is 0.295 e. The Kier molecular flexibility index (Phi) is 3.94. The van der Waals surface area contributed by atoms with Gasteiger partial charge in [0.2, 0.25) is 5.82 Å². The molecule has 2 rings (SSSR count). The van der Waals surface area contributed by atoms with Gasteiger partial charge in [-0.3, -0.25) is 9.89 Å². The predicted molar refractivity (Wildman–Crippen MR) is 74.2 cm³/mol. The molecule has 1 amide bonds. The zero-order chi connectivity index (χ0) is 13.8. The van der Waals surface area contributed by atoms with Crippen LogP contribution < -0.4 is 5.32 Å². The Hall–Kier alpha value is -2.17. The van der Waals surface area contributed by atoms with Crippen LogP contribution >= 0.6 is 0 Å². The number of rotatable bonds is 4. The van der Waals surface area contributed by atoms with E-state index in [1.54, 1.807) is 0 Å². The maximum atomic E-state index is 12.1. The van der Waals surface area contributed by atoms with Gasteiger partial charge in [-0.1, -0.05) is 39.0 Å². The standard InChI is InChI=1S/C14H18N4O/c1-4-12-16-13(18-17-12)14(19)15-11-8-6-5-7-10(11)9(2)3/h5-9H,4H2,1-3H3,(H,15,19)(H,16,17,18). The molecule has 1 heterocycles. The summed E-state index contributed by atoms with van der Waals surface area (Å²) in [4.78, 5) is 16.2. The summed E-state index contributed by atoms with van der Waals surface area (Å²) >= 11 is 0. The van der Waals surface area contributed by atoms with Gasteiger partial charge < -0.3 is 5.32 Å². The number of aryl methyl sites for hydroxylation is 1. The quantitative estimate of drug-likeness (QED) is 0.885. The molecule has 1 aromatic carbocycles. The lowest BCUT2D eigenvalue weighted by atomic mass is 10.0. The second-order valence-corrected chi connectivity index (χ2v) is 4.66.